The Balaban J connectivity index is 1.47. The minimum absolute atomic E-state index is 0.000167. The lowest BCUT2D eigenvalue weighted by molar-refractivity contribution is -0.132. The van der Waals surface area contributed by atoms with Gasteiger partial charge in [0, 0.05) is 24.6 Å². The van der Waals surface area contributed by atoms with Crippen molar-refractivity contribution >= 4 is 11.8 Å². The highest BCUT2D eigenvalue weighted by Gasteiger charge is 2.38. The van der Waals surface area contributed by atoms with Crippen molar-refractivity contribution in [3.63, 3.8) is 0 Å². The van der Waals surface area contributed by atoms with Crippen LogP contribution in [0.15, 0.2) is 54.6 Å². The molecule has 2 amide bonds. The Hall–Kier alpha value is -3.68. The average Bonchev–Trinajstić information content (AvgIpc) is 3.44. The number of aromatic amines is 1. The van der Waals surface area contributed by atoms with Crippen molar-refractivity contribution in [2.75, 3.05) is 13.7 Å². The van der Waals surface area contributed by atoms with Crippen LogP contribution >= 0.6 is 0 Å². The third kappa shape index (κ3) is 4.80. The van der Waals surface area contributed by atoms with Gasteiger partial charge in [-0.1, -0.05) is 36.4 Å². The number of aromatic nitrogens is 3. The van der Waals surface area contributed by atoms with E-state index in [0.717, 1.165) is 11.3 Å². The number of hydrogen-bond donors (Lipinski definition) is 2. The molecule has 1 aromatic heterocycles. The van der Waals surface area contributed by atoms with Crippen molar-refractivity contribution < 1.29 is 14.3 Å². The molecule has 32 heavy (non-hydrogen) atoms. The number of aryl methyl sites for hydroxylation is 2. The number of amides is 2. The molecule has 3 aromatic rings. The standard InChI is InChI=1S/C24H27N5O3/c1-16-25-23(28-27-16)20-14-19(26-24(31)18-9-4-3-5-10-18)15-29(20)22(30)13-12-17-8-6-7-11-21(17)32-2/h3-11,19-20H,12-15H2,1-2H3,(H,26,31)(H,25,27,28)/t19-,20-/m0/s1. The monoisotopic (exact) mass is 433 g/mol. The molecule has 0 spiro atoms. The Kier molecular flexibility index (Phi) is 6.49. The number of ether oxygens (including phenoxy) is 1. The van der Waals surface area contributed by atoms with Gasteiger partial charge in [-0.3, -0.25) is 14.7 Å². The second-order valence-electron chi connectivity index (χ2n) is 7.92. The van der Waals surface area contributed by atoms with Gasteiger partial charge in [-0.2, -0.15) is 5.10 Å². The van der Waals surface area contributed by atoms with Gasteiger partial charge < -0.3 is 15.0 Å². The van der Waals surface area contributed by atoms with Crippen molar-refractivity contribution in [3.05, 3.63) is 77.4 Å². The van der Waals surface area contributed by atoms with Crippen molar-refractivity contribution in [1.82, 2.24) is 25.4 Å². The molecule has 0 saturated carbocycles. The Labute approximate surface area is 187 Å². The van der Waals surface area contributed by atoms with E-state index in [1.54, 1.807) is 24.1 Å². The molecule has 8 heteroatoms. The SMILES string of the molecule is COc1ccccc1CCC(=O)N1C[C@@H](NC(=O)c2ccccc2)C[C@H]1c1n[nH]c(C)n1. The van der Waals surface area contributed by atoms with Crippen LogP contribution in [-0.4, -0.2) is 51.6 Å². The zero-order valence-corrected chi connectivity index (χ0v) is 18.2. The fourth-order valence-corrected chi connectivity index (χ4v) is 4.12. The lowest BCUT2D eigenvalue weighted by Gasteiger charge is -2.22. The summed E-state index contributed by atoms with van der Waals surface area (Å²) in [6, 6.07) is 16.3. The number of nitrogens with one attached hydrogen (secondary N) is 2. The molecule has 1 aliphatic heterocycles. The van der Waals surface area contributed by atoms with Gasteiger partial charge in [0.2, 0.25) is 5.91 Å². The Bertz CT molecular complexity index is 1080. The number of methoxy groups -OCH3 is 1. The van der Waals surface area contributed by atoms with Crippen molar-refractivity contribution in [1.29, 1.82) is 0 Å². The molecular weight excluding hydrogens is 406 g/mol. The van der Waals surface area contributed by atoms with Crippen LogP contribution in [0.5, 0.6) is 5.75 Å². The number of likely N-dealkylation sites (tertiary alicyclic amines) is 1. The van der Waals surface area contributed by atoms with Gasteiger partial charge in [0.1, 0.15) is 11.6 Å². The van der Waals surface area contributed by atoms with Gasteiger partial charge in [-0.15, -0.1) is 0 Å². The first-order chi connectivity index (χ1) is 15.5. The molecule has 1 saturated heterocycles. The largest absolute Gasteiger partial charge is 0.496 e. The fourth-order valence-electron chi connectivity index (χ4n) is 4.12. The van der Waals surface area contributed by atoms with Crippen LogP contribution in [0.2, 0.25) is 0 Å². The zero-order valence-electron chi connectivity index (χ0n) is 18.2. The number of rotatable bonds is 7. The number of H-pyrrole nitrogens is 1. The lowest BCUT2D eigenvalue weighted by Crippen LogP contribution is -2.38. The third-order valence-electron chi connectivity index (χ3n) is 5.71. The summed E-state index contributed by atoms with van der Waals surface area (Å²) in [6.07, 6.45) is 1.47. The number of benzene rings is 2. The van der Waals surface area contributed by atoms with E-state index >= 15 is 0 Å². The minimum atomic E-state index is -0.286. The fraction of sp³-hybridized carbons (Fsp3) is 0.333. The second kappa shape index (κ2) is 9.64. The molecule has 0 radical (unpaired) electrons. The van der Waals surface area contributed by atoms with E-state index < -0.39 is 0 Å². The summed E-state index contributed by atoms with van der Waals surface area (Å²) in [5.41, 5.74) is 1.58. The highest BCUT2D eigenvalue weighted by Crippen LogP contribution is 2.31. The number of hydrogen-bond acceptors (Lipinski definition) is 5. The van der Waals surface area contributed by atoms with Gasteiger partial charge in [0.25, 0.3) is 5.91 Å². The normalized spacial score (nSPS) is 17.9. The maximum absolute atomic E-state index is 13.2. The lowest BCUT2D eigenvalue weighted by atomic mass is 10.1. The van der Waals surface area contributed by atoms with E-state index in [1.165, 1.54) is 0 Å². The van der Waals surface area contributed by atoms with E-state index in [9.17, 15) is 9.59 Å². The molecule has 1 fully saturated rings. The topological polar surface area (TPSA) is 100 Å². The summed E-state index contributed by atoms with van der Waals surface area (Å²) in [6.45, 7) is 2.25. The van der Waals surface area contributed by atoms with Crippen molar-refractivity contribution in [3.8, 4) is 5.75 Å². The molecule has 0 bridgehead atoms. The zero-order chi connectivity index (χ0) is 22.5. The molecule has 2 atom stereocenters. The quantitative estimate of drug-likeness (QED) is 0.597. The molecule has 1 aliphatic rings. The third-order valence-corrected chi connectivity index (χ3v) is 5.71. The van der Waals surface area contributed by atoms with E-state index in [4.69, 9.17) is 4.74 Å². The van der Waals surface area contributed by atoms with E-state index in [2.05, 4.69) is 20.5 Å². The Morgan fingerprint density at radius 3 is 2.62 bits per heavy atom. The van der Waals surface area contributed by atoms with Gasteiger partial charge in [-0.25, -0.2) is 4.98 Å². The van der Waals surface area contributed by atoms with Crippen LogP contribution in [0.1, 0.15) is 46.5 Å². The first kappa shape index (κ1) is 21.5. The molecule has 8 nitrogen and oxygen atoms in total. The summed E-state index contributed by atoms with van der Waals surface area (Å²) in [7, 11) is 1.63. The van der Waals surface area contributed by atoms with Crippen molar-refractivity contribution in [2.45, 2.75) is 38.3 Å². The van der Waals surface area contributed by atoms with E-state index in [-0.39, 0.29) is 23.9 Å². The first-order valence-electron chi connectivity index (χ1n) is 10.7. The van der Waals surface area contributed by atoms with Crippen LogP contribution in [0.25, 0.3) is 0 Å². The van der Waals surface area contributed by atoms with Gasteiger partial charge in [0.15, 0.2) is 5.82 Å². The molecule has 4 rings (SSSR count). The summed E-state index contributed by atoms with van der Waals surface area (Å²) in [4.78, 5) is 32.1. The van der Waals surface area contributed by atoms with Crippen molar-refractivity contribution in [2.24, 2.45) is 0 Å². The summed E-state index contributed by atoms with van der Waals surface area (Å²) < 4.78 is 5.40. The Morgan fingerprint density at radius 1 is 1.16 bits per heavy atom. The Morgan fingerprint density at radius 2 is 1.91 bits per heavy atom. The van der Waals surface area contributed by atoms with E-state index in [0.29, 0.717) is 43.0 Å². The minimum Gasteiger partial charge on any atom is -0.496 e. The number of carbonyl (C=O) groups excluding carboxylic acids is 2. The molecule has 0 unspecified atom stereocenters. The predicted molar refractivity (Wildman–Crippen MR) is 119 cm³/mol. The molecule has 0 aliphatic carbocycles. The summed E-state index contributed by atoms with van der Waals surface area (Å²) >= 11 is 0. The number of nitrogens with zero attached hydrogens (tertiary/aromatic N) is 3. The van der Waals surface area contributed by atoms with Gasteiger partial charge >= 0.3 is 0 Å². The van der Waals surface area contributed by atoms with Crippen LogP contribution in [-0.2, 0) is 11.2 Å². The smallest absolute Gasteiger partial charge is 0.251 e. The van der Waals surface area contributed by atoms with Crippen LogP contribution in [0.3, 0.4) is 0 Å². The number of para-hydroxylation sites is 1. The molecule has 2 heterocycles. The molecule has 2 aromatic carbocycles. The maximum atomic E-state index is 13.2. The first-order valence-corrected chi connectivity index (χ1v) is 10.7. The van der Waals surface area contributed by atoms with Crippen LogP contribution in [0.4, 0.5) is 0 Å². The predicted octanol–water partition coefficient (Wildman–Crippen LogP) is 2.83. The van der Waals surface area contributed by atoms with Gasteiger partial charge in [0.05, 0.1) is 13.2 Å². The van der Waals surface area contributed by atoms with E-state index in [1.807, 2.05) is 49.4 Å². The molecule has 166 valence electrons. The maximum Gasteiger partial charge on any atom is 0.251 e. The summed E-state index contributed by atoms with van der Waals surface area (Å²) in [5, 5.41) is 10.2. The molecular formula is C24H27N5O3. The summed E-state index contributed by atoms with van der Waals surface area (Å²) in [5.74, 6) is 1.89. The van der Waals surface area contributed by atoms with Crippen LogP contribution in [0, 0.1) is 6.92 Å². The highest BCUT2D eigenvalue weighted by atomic mass is 16.5. The second-order valence-corrected chi connectivity index (χ2v) is 7.92. The van der Waals surface area contributed by atoms with Gasteiger partial charge in [-0.05, 0) is 43.5 Å². The molecule has 2 N–H and O–H groups in total. The van der Waals surface area contributed by atoms with Crippen LogP contribution < -0.4 is 10.1 Å². The average molecular weight is 434 g/mol. The highest BCUT2D eigenvalue weighted by molar-refractivity contribution is 5.94. The number of carbonyl (C=O) groups is 2.